The molecule has 1 fully saturated rings. The molecule has 0 bridgehead atoms. The predicted molar refractivity (Wildman–Crippen MR) is 170 cm³/mol. The van der Waals surface area contributed by atoms with Crippen LogP contribution in [0.2, 0.25) is 0 Å². The highest BCUT2D eigenvalue weighted by Gasteiger charge is 2.30. The molecule has 12 heteroatoms. The second kappa shape index (κ2) is 16.4. The van der Waals surface area contributed by atoms with E-state index in [1.807, 2.05) is 31.2 Å². The Morgan fingerprint density at radius 1 is 0.957 bits per heavy atom. The molecule has 2 aromatic carbocycles. The molecule has 1 aliphatic heterocycles. The van der Waals surface area contributed by atoms with Gasteiger partial charge in [-0.25, -0.2) is 0 Å². The number of nitrogens with zero attached hydrogens (tertiary/aromatic N) is 3. The van der Waals surface area contributed by atoms with Crippen LogP contribution in [-0.2, 0) is 15.8 Å². The fourth-order valence-electron chi connectivity index (χ4n) is 5.64. The molecule has 248 valence electrons. The van der Waals surface area contributed by atoms with Crippen molar-refractivity contribution in [2.45, 2.75) is 70.0 Å². The van der Waals surface area contributed by atoms with Crippen LogP contribution in [0.25, 0.3) is 11.1 Å². The van der Waals surface area contributed by atoms with Crippen LogP contribution in [0.1, 0.15) is 68.9 Å². The van der Waals surface area contributed by atoms with Gasteiger partial charge in [-0.3, -0.25) is 9.59 Å². The first-order chi connectivity index (χ1) is 22.2. The standard InChI is InChI=1S/C34H42F3N5O4/c1-4-5-20-42(30-32(45-2)40-22-41-33(30)46-3)29(43)8-6-7-18-39-31(44)28-21-26(17-19-38-28)25-11-9-23(10-12-25)24-13-15-27(16-14-24)34(35,36)37/h9-16,22,26,28,38H,4-8,17-21H2,1-3H3,(H,39,44). The molecule has 4 rings (SSSR count). The average molecular weight is 642 g/mol. The number of piperidine rings is 1. The molecule has 1 saturated heterocycles. The van der Waals surface area contributed by atoms with Gasteiger partial charge in [-0.05, 0) is 73.4 Å². The third kappa shape index (κ3) is 8.96. The number of ether oxygens (including phenoxy) is 2. The zero-order valence-electron chi connectivity index (χ0n) is 26.5. The van der Waals surface area contributed by atoms with Crippen LogP contribution in [0, 0.1) is 0 Å². The molecule has 46 heavy (non-hydrogen) atoms. The Kier molecular flexibility index (Phi) is 12.4. The maximum absolute atomic E-state index is 13.3. The van der Waals surface area contributed by atoms with Gasteiger partial charge in [-0.15, -0.1) is 0 Å². The molecule has 1 aromatic heterocycles. The maximum atomic E-state index is 13.3. The summed E-state index contributed by atoms with van der Waals surface area (Å²) in [7, 11) is 2.98. The summed E-state index contributed by atoms with van der Waals surface area (Å²) in [6.45, 7) is 3.68. The minimum absolute atomic E-state index is 0.0714. The van der Waals surface area contributed by atoms with E-state index in [4.69, 9.17) is 9.47 Å². The van der Waals surface area contributed by atoms with Crippen molar-refractivity contribution < 1.29 is 32.2 Å². The minimum atomic E-state index is -4.36. The number of hydrogen-bond donors (Lipinski definition) is 2. The zero-order chi connectivity index (χ0) is 33.1. The van der Waals surface area contributed by atoms with Gasteiger partial charge in [-0.2, -0.15) is 23.1 Å². The molecule has 3 aromatic rings. The van der Waals surface area contributed by atoms with Crippen LogP contribution >= 0.6 is 0 Å². The number of anilines is 1. The van der Waals surface area contributed by atoms with Crippen molar-refractivity contribution in [3.8, 4) is 22.9 Å². The quantitative estimate of drug-likeness (QED) is 0.204. The number of carbonyl (C=O) groups is 2. The van der Waals surface area contributed by atoms with Gasteiger partial charge in [0.2, 0.25) is 23.6 Å². The monoisotopic (exact) mass is 641 g/mol. The summed E-state index contributed by atoms with van der Waals surface area (Å²) < 4.78 is 49.5. The first-order valence-electron chi connectivity index (χ1n) is 15.7. The summed E-state index contributed by atoms with van der Waals surface area (Å²) in [4.78, 5) is 36.2. The second-order valence-electron chi connectivity index (χ2n) is 11.3. The van der Waals surface area contributed by atoms with Gasteiger partial charge in [0.15, 0.2) is 5.69 Å². The van der Waals surface area contributed by atoms with Crippen molar-refractivity contribution in [3.63, 3.8) is 0 Å². The molecule has 2 amide bonds. The number of aromatic nitrogens is 2. The molecule has 0 aliphatic carbocycles. The minimum Gasteiger partial charge on any atom is -0.479 e. The fourth-order valence-corrected chi connectivity index (χ4v) is 5.64. The Hall–Kier alpha value is -4.19. The topological polar surface area (TPSA) is 106 Å². The highest BCUT2D eigenvalue weighted by Crippen LogP contribution is 2.35. The van der Waals surface area contributed by atoms with Gasteiger partial charge in [-0.1, -0.05) is 49.7 Å². The van der Waals surface area contributed by atoms with Crippen molar-refractivity contribution in [1.29, 1.82) is 0 Å². The number of halogens is 3. The van der Waals surface area contributed by atoms with Crippen LogP contribution in [0.4, 0.5) is 18.9 Å². The Balaban J connectivity index is 1.25. The lowest BCUT2D eigenvalue weighted by molar-refractivity contribution is -0.137. The first-order valence-corrected chi connectivity index (χ1v) is 15.7. The third-order valence-corrected chi connectivity index (χ3v) is 8.21. The maximum Gasteiger partial charge on any atom is 0.416 e. The number of rotatable bonds is 14. The average Bonchev–Trinajstić information content (AvgIpc) is 3.08. The Bertz CT molecular complexity index is 1410. The Labute approximate surface area is 267 Å². The molecule has 9 nitrogen and oxygen atoms in total. The van der Waals surface area contributed by atoms with Crippen LogP contribution in [0.15, 0.2) is 54.9 Å². The van der Waals surface area contributed by atoms with Gasteiger partial charge in [0.05, 0.1) is 25.8 Å². The van der Waals surface area contributed by atoms with E-state index in [0.29, 0.717) is 50.1 Å². The van der Waals surface area contributed by atoms with E-state index in [2.05, 4.69) is 20.6 Å². The van der Waals surface area contributed by atoms with Crippen molar-refractivity contribution in [2.24, 2.45) is 0 Å². The number of benzene rings is 2. The van der Waals surface area contributed by atoms with Gasteiger partial charge < -0.3 is 25.0 Å². The molecule has 0 spiro atoms. The zero-order valence-corrected chi connectivity index (χ0v) is 26.5. The molecule has 2 unspecified atom stereocenters. The Morgan fingerprint density at radius 3 is 2.17 bits per heavy atom. The van der Waals surface area contributed by atoms with Gasteiger partial charge in [0.25, 0.3) is 0 Å². The lowest BCUT2D eigenvalue weighted by Gasteiger charge is -2.30. The van der Waals surface area contributed by atoms with E-state index in [9.17, 15) is 22.8 Å². The molecule has 0 radical (unpaired) electrons. The van der Waals surface area contributed by atoms with Gasteiger partial charge in [0.1, 0.15) is 6.33 Å². The summed E-state index contributed by atoms with van der Waals surface area (Å²) in [5.74, 6) is 0.570. The van der Waals surface area contributed by atoms with Gasteiger partial charge >= 0.3 is 6.18 Å². The smallest absolute Gasteiger partial charge is 0.416 e. The number of alkyl halides is 3. The highest BCUT2D eigenvalue weighted by molar-refractivity contribution is 5.95. The predicted octanol–water partition coefficient (Wildman–Crippen LogP) is 6.14. The summed E-state index contributed by atoms with van der Waals surface area (Å²) in [6, 6.07) is 12.6. The molecule has 2 N–H and O–H groups in total. The SMILES string of the molecule is CCCCN(C(=O)CCCCNC(=O)C1CC(c2ccc(-c3ccc(C(F)(F)F)cc3)cc2)CCN1)c1c(OC)ncnc1OC. The summed E-state index contributed by atoms with van der Waals surface area (Å²) in [5.41, 5.74) is 2.40. The Morgan fingerprint density at radius 2 is 1.59 bits per heavy atom. The number of amides is 2. The lowest BCUT2D eigenvalue weighted by Crippen LogP contribution is -2.48. The number of methoxy groups -OCH3 is 2. The number of unbranched alkanes of at least 4 members (excludes halogenated alkanes) is 2. The lowest BCUT2D eigenvalue weighted by atomic mass is 9.85. The molecule has 2 atom stereocenters. The number of nitrogens with one attached hydrogen (secondary N) is 2. The summed E-state index contributed by atoms with van der Waals surface area (Å²) in [6.07, 6.45) is 1.69. The molecule has 2 heterocycles. The highest BCUT2D eigenvalue weighted by atomic mass is 19.4. The second-order valence-corrected chi connectivity index (χ2v) is 11.3. The summed E-state index contributed by atoms with van der Waals surface area (Å²) in [5, 5.41) is 6.32. The molecular formula is C34H42F3N5O4. The van der Waals surface area contributed by atoms with E-state index in [1.54, 1.807) is 4.90 Å². The summed E-state index contributed by atoms with van der Waals surface area (Å²) >= 11 is 0. The van der Waals surface area contributed by atoms with Crippen molar-refractivity contribution in [3.05, 3.63) is 66.0 Å². The van der Waals surface area contributed by atoms with Crippen LogP contribution < -0.4 is 25.0 Å². The van der Waals surface area contributed by atoms with E-state index in [-0.39, 0.29) is 42.0 Å². The molecular weight excluding hydrogens is 599 g/mol. The van der Waals surface area contributed by atoms with Crippen molar-refractivity contribution in [2.75, 3.05) is 38.8 Å². The van der Waals surface area contributed by atoms with Crippen LogP contribution in [-0.4, -0.2) is 61.7 Å². The third-order valence-electron chi connectivity index (χ3n) is 8.21. The van der Waals surface area contributed by atoms with E-state index >= 15 is 0 Å². The normalized spacial score (nSPS) is 16.5. The number of hydrogen-bond acceptors (Lipinski definition) is 7. The van der Waals surface area contributed by atoms with E-state index in [0.717, 1.165) is 42.5 Å². The van der Waals surface area contributed by atoms with Crippen LogP contribution in [0.5, 0.6) is 11.8 Å². The van der Waals surface area contributed by atoms with Gasteiger partial charge in [0, 0.05) is 19.5 Å². The molecule has 1 aliphatic rings. The fraction of sp³-hybridized carbons (Fsp3) is 0.471. The van der Waals surface area contributed by atoms with E-state index < -0.39 is 11.7 Å². The molecule has 0 saturated carbocycles. The number of carbonyl (C=O) groups excluding carboxylic acids is 2. The van der Waals surface area contributed by atoms with Crippen LogP contribution in [0.3, 0.4) is 0 Å². The van der Waals surface area contributed by atoms with E-state index in [1.165, 1.54) is 32.7 Å². The van der Waals surface area contributed by atoms with Crippen molar-refractivity contribution in [1.82, 2.24) is 20.6 Å². The first kappa shape index (κ1) is 34.7. The largest absolute Gasteiger partial charge is 0.479 e. The van der Waals surface area contributed by atoms with Crippen molar-refractivity contribution >= 4 is 17.5 Å².